The molecule has 0 aromatic heterocycles. The van der Waals surface area contributed by atoms with Crippen molar-refractivity contribution >= 4 is 23.1 Å². The van der Waals surface area contributed by atoms with Crippen molar-refractivity contribution in [3.05, 3.63) is 299 Å². The maximum absolute atomic E-state index is 2.55. The molecule has 0 spiro atoms. The third-order valence-electron chi connectivity index (χ3n) is 15.5. The predicted octanol–water partition coefficient (Wildman–Crippen LogP) is 17.7. The topological polar surface area (TPSA) is 3.24 Å². The Bertz CT molecular complexity index is 3560. The Balaban J connectivity index is 1.02. The van der Waals surface area contributed by atoms with Crippen LogP contribution in [-0.4, -0.2) is 0 Å². The molecule has 1 atom stereocenters. The summed E-state index contributed by atoms with van der Waals surface area (Å²) in [4.78, 5) is 2.55. The molecule has 0 saturated heterocycles. The third-order valence-corrected chi connectivity index (χ3v) is 15.5. The number of rotatable bonds is 8. The second kappa shape index (κ2) is 16.2. The summed E-state index contributed by atoms with van der Waals surface area (Å²) in [6.07, 6.45) is 5.63. The van der Waals surface area contributed by atoms with Crippen molar-refractivity contribution in [2.75, 3.05) is 4.90 Å². The molecule has 328 valence electrons. The molecule has 3 aliphatic carbocycles. The van der Waals surface area contributed by atoms with Gasteiger partial charge >= 0.3 is 0 Å². The van der Waals surface area contributed by atoms with E-state index in [2.05, 4.69) is 274 Å². The standard InChI is InChI=1S/C68H51N/c1-67(2)58-36-15-12-31-56(58)66-60(67)38-21-41-63(66)69(62-40-17-14-30-54(62)55-35-19-25-48-24-18-33-52(64(48)55)46-22-6-3-7-23-46)51-44-42-47(43-45-51)53-34-20-39-61-65(53)57-32-13-16-37-59(57)68(61,49-26-8-4-9-27-49)50-28-10-5-11-29-50/h3-32,34-45,52H,33H2,1-2H3. The molecule has 10 aromatic rings. The van der Waals surface area contributed by atoms with Gasteiger partial charge in [0.25, 0.3) is 0 Å². The highest BCUT2D eigenvalue weighted by Crippen LogP contribution is 2.59. The summed E-state index contributed by atoms with van der Waals surface area (Å²) >= 11 is 0. The van der Waals surface area contributed by atoms with Crippen LogP contribution in [0.2, 0.25) is 0 Å². The number of allylic oxidation sites excluding steroid dienone is 1. The number of hydrogen-bond acceptors (Lipinski definition) is 1. The molecule has 0 radical (unpaired) electrons. The Morgan fingerprint density at radius 1 is 0.391 bits per heavy atom. The van der Waals surface area contributed by atoms with Crippen molar-refractivity contribution in [2.45, 2.75) is 37.0 Å². The van der Waals surface area contributed by atoms with Crippen LogP contribution >= 0.6 is 0 Å². The van der Waals surface area contributed by atoms with Gasteiger partial charge in [0.05, 0.1) is 16.8 Å². The number of fused-ring (bicyclic) bond motifs is 7. The zero-order valence-corrected chi connectivity index (χ0v) is 39.0. The fourth-order valence-electron chi connectivity index (χ4n) is 12.5. The highest BCUT2D eigenvalue weighted by Gasteiger charge is 2.47. The summed E-state index contributed by atoms with van der Waals surface area (Å²) in [6, 6.07) is 90.6. The van der Waals surface area contributed by atoms with Crippen LogP contribution < -0.4 is 4.90 Å². The molecule has 0 amide bonds. The molecule has 0 heterocycles. The molecule has 3 aliphatic rings. The molecule has 0 fully saturated rings. The second-order valence-corrected chi connectivity index (χ2v) is 19.4. The van der Waals surface area contributed by atoms with E-state index in [1.165, 1.54) is 100 Å². The van der Waals surface area contributed by atoms with E-state index < -0.39 is 5.41 Å². The zero-order valence-electron chi connectivity index (χ0n) is 39.0. The number of benzene rings is 10. The van der Waals surface area contributed by atoms with E-state index in [1.54, 1.807) is 0 Å². The summed E-state index contributed by atoms with van der Waals surface area (Å²) in [5.41, 5.74) is 24.9. The molecule has 69 heavy (non-hydrogen) atoms. The van der Waals surface area contributed by atoms with Gasteiger partial charge < -0.3 is 4.90 Å². The van der Waals surface area contributed by atoms with Crippen LogP contribution in [0.3, 0.4) is 0 Å². The van der Waals surface area contributed by atoms with Crippen LogP contribution in [-0.2, 0) is 10.8 Å². The Kier molecular flexibility index (Phi) is 9.63. The number of para-hydroxylation sites is 1. The molecule has 1 heteroatoms. The van der Waals surface area contributed by atoms with Gasteiger partial charge in [0.1, 0.15) is 0 Å². The van der Waals surface area contributed by atoms with Crippen molar-refractivity contribution in [1.82, 2.24) is 0 Å². The second-order valence-electron chi connectivity index (χ2n) is 19.4. The fraction of sp³-hybridized carbons (Fsp3) is 0.0882. The van der Waals surface area contributed by atoms with Gasteiger partial charge in [-0.1, -0.05) is 244 Å². The van der Waals surface area contributed by atoms with Gasteiger partial charge in [0.2, 0.25) is 0 Å². The summed E-state index contributed by atoms with van der Waals surface area (Å²) < 4.78 is 0. The minimum absolute atomic E-state index is 0.149. The van der Waals surface area contributed by atoms with Crippen molar-refractivity contribution in [3.63, 3.8) is 0 Å². The summed E-state index contributed by atoms with van der Waals surface area (Å²) in [6.45, 7) is 4.76. The van der Waals surface area contributed by atoms with Gasteiger partial charge in [-0.25, -0.2) is 0 Å². The molecule has 1 unspecified atom stereocenters. The first kappa shape index (κ1) is 41.0. The lowest BCUT2D eigenvalue weighted by atomic mass is 9.67. The summed E-state index contributed by atoms with van der Waals surface area (Å²) in [5, 5.41) is 0. The van der Waals surface area contributed by atoms with E-state index in [4.69, 9.17) is 0 Å². The minimum Gasteiger partial charge on any atom is -0.309 e. The normalized spacial score (nSPS) is 15.4. The lowest BCUT2D eigenvalue weighted by molar-refractivity contribution is 0.660. The Morgan fingerprint density at radius 3 is 1.64 bits per heavy atom. The summed E-state index contributed by atoms with van der Waals surface area (Å²) in [5.74, 6) is 0.247. The van der Waals surface area contributed by atoms with Gasteiger partial charge in [0.15, 0.2) is 0 Å². The molecular weight excluding hydrogens is 831 g/mol. The molecule has 0 bridgehead atoms. The van der Waals surface area contributed by atoms with Gasteiger partial charge in [0, 0.05) is 28.1 Å². The van der Waals surface area contributed by atoms with E-state index in [-0.39, 0.29) is 11.3 Å². The number of hydrogen-bond donors (Lipinski definition) is 0. The lowest BCUT2D eigenvalue weighted by Gasteiger charge is -2.34. The van der Waals surface area contributed by atoms with E-state index in [9.17, 15) is 0 Å². The molecule has 13 rings (SSSR count). The zero-order chi connectivity index (χ0) is 46.1. The van der Waals surface area contributed by atoms with Gasteiger partial charge in [-0.15, -0.1) is 0 Å². The molecular formula is C68H51N. The third kappa shape index (κ3) is 6.23. The highest BCUT2D eigenvalue weighted by atomic mass is 15.1. The number of nitrogens with zero attached hydrogens (tertiary/aromatic N) is 1. The minimum atomic E-state index is -0.464. The SMILES string of the molecule is CC1(C)c2ccccc2-c2c(N(c3ccc(-c4cccc5c4-c4ccccc4C5(c4ccccc4)c4ccccc4)cc3)c3ccccc3-c3cccc4c3C(c3ccccc3)CC=C4)cccc21. The maximum Gasteiger partial charge on any atom is 0.0713 e. The highest BCUT2D eigenvalue weighted by molar-refractivity contribution is 6.00. The molecule has 10 aromatic carbocycles. The first-order valence-corrected chi connectivity index (χ1v) is 24.5. The van der Waals surface area contributed by atoms with Crippen LogP contribution in [0.5, 0.6) is 0 Å². The lowest BCUT2D eigenvalue weighted by Crippen LogP contribution is -2.28. The quantitative estimate of drug-likeness (QED) is 0.147. The van der Waals surface area contributed by atoms with Crippen molar-refractivity contribution in [1.29, 1.82) is 0 Å². The number of anilines is 3. The van der Waals surface area contributed by atoms with Crippen LogP contribution in [0.1, 0.15) is 76.3 Å². The summed E-state index contributed by atoms with van der Waals surface area (Å²) in [7, 11) is 0. The molecule has 0 aliphatic heterocycles. The first-order valence-electron chi connectivity index (χ1n) is 24.5. The van der Waals surface area contributed by atoms with E-state index in [0.717, 1.165) is 17.8 Å². The van der Waals surface area contributed by atoms with Gasteiger partial charge in [-0.05, 0) is 114 Å². The average molecular weight is 882 g/mol. The molecule has 0 N–H and O–H groups in total. The van der Waals surface area contributed by atoms with Crippen molar-refractivity contribution < 1.29 is 0 Å². The van der Waals surface area contributed by atoms with Crippen LogP contribution in [0.15, 0.2) is 249 Å². The maximum atomic E-state index is 2.55. The first-order chi connectivity index (χ1) is 34.0. The predicted molar refractivity (Wildman–Crippen MR) is 289 cm³/mol. The Morgan fingerprint density at radius 2 is 0.913 bits per heavy atom. The Labute approximate surface area is 406 Å². The van der Waals surface area contributed by atoms with E-state index >= 15 is 0 Å². The van der Waals surface area contributed by atoms with Crippen molar-refractivity contribution in [2.24, 2.45) is 0 Å². The van der Waals surface area contributed by atoms with E-state index in [1.807, 2.05) is 0 Å². The van der Waals surface area contributed by atoms with E-state index in [0.29, 0.717) is 0 Å². The smallest absolute Gasteiger partial charge is 0.0713 e. The van der Waals surface area contributed by atoms with Gasteiger partial charge in [-0.2, -0.15) is 0 Å². The van der Waals surface area contributed by atoms with Crippen LogP contribution in [0, 0.1) is 0 Å². The Hall–Kier alpha value is -8.26. The van der Waals surface area contributed by atoms with Gasteiger partial charge in [-0.3, -0.25) is 0 Å². The monoisotopic (exact) mass is 881 g/mol. The van der Waals surface area contributed by atoms with Crippen LogP contribution in [0.25, 0.3) is 50.6 Å². The van der Waals surface area contributed by atoms with Crippen LogP contribution in [0.4, 0.5) is 17.1 Å². The van der Waals surface area contributed by atoms with Crippen molar-refractivity contribution in [3.8, 4) is 44.5 Å². The fourth-order valence-corrected chi connectivity index (χ4v) is 12.5. The average Bonchev–Trinajstić information content (AvgIpc) is 3.85. The largest absolute Gasteiger partial charge is 0.309 e. The molecule has 1 nitrogen and oxygen atoms in total. The molecule has 0 saturated carbocycles.